The van der Waals surface area contributed by atoms with E-state index in [1.165, 1.54) is 25.7 Å². The molecule has 0 bridgehead atoms. The van der Waals surface area contributed by atoms with E-state index in [0.29, 0.717) is 31.0 Å². The molecule has 0 aliphatic heterocycles. The fourth-order valence-electron chi connectivity index (χ4n) is 7.42. The van der Waals surface area contributed by atoms with Crippen LogP contribution in [0.5, 0.6) is 0 Å². The molecule has 7 nitrogen and oxygen atoms in total. The topological polar surface area (TPSA) is 137 Å². The van der Waals surface area contributed by atoms with Crippen LogP contribution >= 0.6 is 0 Å². The molecule has 222 valence electrons. The quantitative estimate of drug-likeness (QED) is 0.145. The van der Waals surface area contributed by atoms with Gasteiger partial charge in [0.25, 0.3) is 0 Å². The fourth-order valence-corrected chi connectivity index (χ4v) is 7.42. The number of hydrogen-bond donors (Lipinski definition) is 5. The van der Waals surface area contributed by atoms with Crippen molar-refractivity contribution in [1.29, 1.82) is 0 Å². The van der Waals surface area contributed by atoms with Crippen LogP contribution < -0.4 is 5.73 Å². The number of aromatic nitrogens is 1. The van der Waals surface area contributed by atoms with Crippen molar-refractivity contribution in [3.05, 3.63) is 23.9 Å². The zero-order chi connectivity index (χ0) is 28.3. The number of nitrogen functional groups attached to an aromatic ring is 1. The van der Waals surface area contributed by atoms with Crippen molar-refractivity contribution < 1.29 is 25.2 Å². The van der Waals surface area contributed by atoms with Crippen LogP contribution in [-0.2, 0) is 11.2 Å². The zero-order valence-electron chi connectivity index (χ0n) is 24.1. The Kier molecular flexibility index (Phi) is 13.0. The molecule has 1 aromatic rings. The molecule has 2 fully saturated rings. The summed E-state index contributed by atoms with van der Waals surface area (Å²) in [7, 11) is 0. The Morgan fingerprint density at radius 2 is 1.69 bits per heavy atom. The number of unbranched alkanes of at least 4 members (excludes halogenated alkanes) is 7. The molecule has 1 aromatic heterocycles. The van der Waals surface area contributed by atoms with Gasteiger partial charge in [0.1, 0.15) is 5.82 Å². The van der Waals surface area contributed by atoms with E-state index in [-0.39, 0.29) is 17.9 Å². The minimum atomic E-state index is -0.935. The molecule has 2 aliphatic rings. The number of anilines is 1. The van der Waals surface area contributed by atoms with E-state index in [0.717, 1.165) is 76.2 Å². The van der Waals surface area contributed by atoms with E-state index in [1.807, 2.05) is 12.1 Å². The monoisotopic (exact) mass is 546 g/mol. The summed E-state index contributed by atoms with van der Waals surface area (Å²) in [6.07, 6.45) is 16.9. The molecule has 7 heteroatoms. The third-order valence-electron chi connectivity index (χ3n) is 9.67. The van der Waals surface area contributed by atoms with Gasteiger partial charge >= 0.3 is 5.97 Å². The van der Waals surface area contributed by atoms with E-state index in [4.69, 9.17) is 5.73 Å². The number of fused-ring (bicyclic) bond motifs is 1. The first-order valence-electron chi connectivity index (χ1n) is 15.7. The molecule has 0 amide bonds. The molecule has 7 unspecified atom stereocenters. The summed E-state index contributed by atoms with van der Waals surface area (Å²) in [5.74, 6) is -0.862. The van der Waals surface area contributed by atoms with Crippen molar-refractivity contribution >= 4 is 11.8 Å². The van der Waals surface area contributed by atoms with Gasteiger partial charge in [-0.2, -0.15) is 0 Å². The second-order valence-corrected chi connectivity index (χ2v) is 12.6. The lowest BCUT2D eigenvalue weighted by Gasteiger charge is -2.43. The average Bonchev–Trinajstić information content (AvgIpc) is 3.22. The Labute approximate surface area is 235 Å². The van der Waals surface area contributed by atoms with E-state index >= 15 is 0 Å². The summed E-state index contributed by atoms with van der Waals surface area (Å²) < 4.78 is 0. The summed E-state index contributed by atoms with van der Waals surface area (Å²) in [6, 6.07) is 3.89. The van der Waals surface area contributed by atoms with Crippen molar-refractivity contribution in [2.75, 3.05) is 5.73 Å². The third kappa shape index (κ3) is 9.72. The van der Waals surface area contributed by atoms with Gasteiger partial charge in [-0.3, -0.25) is 4.79 Å². The normalized spacial score (nSPS) is 27.1. The van der Waals surface area contributed by atoms with Crippen molar-refractivity contribution in [1.82, 2.24) is 4.98 Å². The first kappa shape index (κ1) is 31.8. The molecule has 7 atom stereocenters. The predicted molar refractivity (Wildman–Crippen MR) is 155 cm³/mol. The molecule has 0 saturated heterocycles. The van der Waals surface area contributed by atoms with Crippen LogP contribution in [0.4, 0.5) is 5.82 Å². The number of aliphatic carboxylic acids is 1. The maximum absolute atomic E-state index is 12.1. The molecular weight excluding hydrogens is 492 g/mol. The highest BCUT2D eigenvalue weighted by molar-refractivity contribution is 5.70. The van der Waals surface area contributed by atoms with Crippen LogP contribution in [0.25, 0.3) is 0 Å². The van der Waals surface area contributed by atoms with Gasteiger partial charge in [-0.1, -0.05) is 64.7 Å². The fraction of sp³-hybridized carbons (Fsp3) is 0.812. The minimum absolute atomic E-state index is 0.172. The lowest BCUT2D eigenvalue weighted by Crippen LogP contribution is -2.47. The van der Waals surface area contributed by atoms with E-state index in [1.54, 1.807) is 6.20 Å². The number of carbonyl (C=O) groups is 1. The highest BCUT2D eigenvalue weighted by Gasteiger charge is 2.52. The number of aliphatic hydroxyl groups excluding tert-OH is 2. The highest BCUT2D eigenvalue weighted by atomic mass is 16.4. The van der Waals surface area contributed by atoms with Gasteiger partial charge in [-0.25, -0.2) is 4.98 Å². The van der Waals surface area contributed by atoms with Gasteiger partial charge in [0.2, 0.25) is 0 Å². The summed E-state index contributed by atoms with van der Waals surface area (Å²) in [5.41, 5.74) is 6.16. The number of nitrogens with zero attached hydrogens (tertiary/aromatic N) is 1. The first-order chi connectivity index (χ1) is 18.7. The summed E-state index contributed by atoms with van der Waals surface area (Å²) in [5, 5.41) is 42.8. The van der Waals surface area contributed by atoms with Crippen molar-refractivity contribution in [3.63, 3.8) is 0 Å². The molecule has 3 rings (SSSR count). The second-order valence-electron chi connectivity index (χ2n) is 12.6. The van der Waals surface area contributed by atoms with E-state index in [2.05, 4.69) is 11.9 Å². The zero-order valence-corrected chi connectivity index (χ0v) is 24.1. The molecule has 0 aromatic carbocycles. The SMILES string of the molecule is CCCCCCCC(O)CCCCCCC(C(=O)O)C(O)C1CCC2C(Cc3ccnc(N)c3)CCC2(O)C1. The molecule has 0 radical (unpaired) electrons. The number of rotatable bonds is 18. The Hall–Kier alpha value is -1.70. The maximum Gasteiger partial charge on any atom is 0.309 e. The largest absolute Gasteiger partial charge is 0.481 e. The number of carboxylic acids is 1. The summed E-state index contributed by atoms with van der Waals surface area (Å²) in [6.45, 7) is 2.21. The number of pyridine rings is 1. The van der Waals surface area contributed by atoms with Crippen LogP contribution in [0.3, 0.4) is 0 Å². The Bertz CT molecular complexity index is 867. The maximum atomic E-state index is 12.1. The molecule has 1 heterocycles. The average molecular weight is 547 g/mol. The summed E-state index contributed by atoms with van der Waals surface area (Å²) >= 11 is 0. The van der Waals surface area contributed by atoms with Gasteiger partial charge < -0.3 is 26.2 Å². The smallest absolute Gasteiger partial charge is 0.309 e. The minimum Gasteiger partial charge on any atom is -0.481 e. The molecular formula is C32H54N2O5. The van der Waals surface area contributed by atoms with Crippen LogP contribution in [-0.4, -0.2) is 49.2 Å². The number of aliphatic hydroxyl groups is 3. The van der Waals surface area contributed by atoms with E-state index < -0.39 is 23.6 Å². The Morgan fingerprint density at radius 3 is 2.33 bits per heavy atom. The molecule has 39 heavy (non-hydrogen) atoms. The Balaban J connectivity index is 1.38. The Morgan fingerprint density at radius 1 is 1.03 bits per heavy atom. The van der Waals surface area contributed by atoms with Crippen molar-refractivity contribution in [2.45, 2.75) is 140 Å². The van der Waals surface area contributed by atoms with Gasteiger partial charge in [-0.15, -0.1) is 0 Å². The van der Waals surface area contributed by atoms with Gasteiger partial charge in [0.05, 0.1) is 23.7 Å². The van der Waals surface area contributed by atoms with Crippen LogP contribution in [0.2, 0.25) is 0 Å². The molecule has 6 N–H and O–H groups in total. The second kappa shape index (κ2) is 15.9. The standard InChI is InChI=1S/C32H54N2O5/c1-2-3-4-5-8-11-26(35)12-9-6-7-10-13-27(31(37)38)30(36)25-14-15-28-24(16-18-32(28,39)22-25)20-23-17-19-34-29(33)21-23/h17,19,21,24-28,30,35-36,39H,2-16,18,20,22H2,1H3,(H2,33,34)(H,37,38). The van der Waals surface area contributed by atoms with Crippen LogP contribution in [0.15, 0.2) is 18.3 Å². The van der Waals surface area contributed by atoms with Crippen molar-refractivity contribution in [3.8, 4) is 0 Å². The number of nitrogens with two attached hydrogens (primary N) is 1. The molecule has 0 spiro atoms. The summed E-state index contributed by atoms with van der Waals surface area (Å²) in [4.78, 5) is 16.2. The van der Waals surface area contributed by atoms with Gasteiger partial charge in [-0.05, 0) is 93.2 Å². The third-order valence-corrected chi connectivity index (χ3v) is 9.67. The lowest BCUT2D eigenvalue weighted by molar-refractivity contribution is -0.151. The van der Waals surface area contributed by atoms with Crippen LogP contribution in [0, 0.1) is 23.7 Å². The molecule has 2 saturated carbocycles. The first-order valence-corrected chi connectivity index (χ1v) is 15.7. The van der Waals surface area contributed by atoms with E-state index in [9.17, 15) is 25.2 Å². The van der Waals surface area contributed by atoms with Gasteiger partial charge in [0, 0.05) is 6.20 Å². The lowest BCUT2D eigenvalue weighted by atomic mass is 9.66. The van der Waals surface area contributed by atoms with Gasteiger partial charge in [0.15, 0.2) is 0 Å². The number of carboxylic acid groups (broad SMARTS) is 1. The molecule has 2 aliphatic carbocycles. The number of hydrogen-bond acceptors (Lipinski definition) is 6. The van der Waals surface area contributed by atoms with Crippen LogP contribution in [0.1, 0.15) is 122 Å². The highest BCUT2D eigenvalue weighted by Crippen LogP contribution is 2.52. The predicted octanol–water partition coefficient (Wildman–Crippen LogP) is 5.89. The van der Waals surface area contributed by atoms with Crippen molar-refractivity contribution in [2.24, 2.45) is 23.7 Å².